The molecular weight excluding hydrogens is 357 g/mol. The molecule has 0 fully saturated rings. The second-order valence-electron chi connectivity index (χ2n) is 4.30. The molecule has 1 aromatic carbocycles. The van der Waals surface area contributed by atoms with Crippen molar-refractivity contribution in [2.75, 3.05) is 5.33 Å². The van der Waals surface area contributed by atoms with Gasteiger partial charge in [0.05, 0.1) is 5.02 Å². The molecule has 0 aliphatic rings. The second-order valence-corrected chi connectivity index (χ2v) is 6.92. The lowest BCUT2D eigenvalue weighted by Gasteiger charge is -2.30. The van der Waals surface area contributed by atoms with Gasteiger partial charge in [-0.1, -0.05) is 41.4 Å². The van der Waals surface area contributed by atoms with Crippen molar-refractivity contribution in [2.45, 2.75) is 37.1 Å². The van der Waals surface area contributed by atoms with Gasteiger partial charge in [-0.15, -0.1) is 0 Å². The van der Waals surface area contributed by atoms with E-state index >= 15 is 0 Å². The van der Waals surface area contributed by atoms with Crippen LogP contribution in [0.25, 0.3) is 0 Å². The van der Waals surface area contributed by atoms with E-state index in [-0.39, 0.29) is 9.92 Å². The summed E-state index contributed by atoms with van der Waals surface area (Å²) in [6.07, 6.45) is 1.22. The lowest BCUT2D eigenvalue weighted by molar-refractivity contribution is 0.398. The van der Waals surface area contributed by atoms with E-state index < -0.39 is 21.4 Å². The van der Waals surface area contributed by atoms with Gasteiger partial charge in [-0.05, 0) is 31.0 Å². The highest BCUT2D eigenvalue weighted by atomic mass is 79.9. The quantitative estimate of drug-likeness (QED) is 0.774. The molecule has 0 unspecified atom stereocenters. The fraction of sp³-hybridized carbons (Fsp3) is 0.500. The van der Waals surface area contributed by atoms with Crippen molar-refractivity contribution < 1.29 is 12.8 Å². The number of halogens is 3. The zero-order valence-electron chi connectivity index (χ0n) is 10.7. The molecule has 0 amide bonds. The first kappa shape index (κ1) is 16.9. The normalized spacial score (nSPS) is 12.7. The highest BCUT2D eigenvalue weighted by Gasteiger charge is 2.32. The Labute approximate surface area is 126 Å². The van der Waals surface area contributed by atoms with Gasteiger partial charge in [-0.25, -0.2) is 17.5 Å². The molecule has 0 aromatic heterocycles. The molecule has 19 heavy (non-hydrogen) atoms. The average Bonchev–Trinajstić information content (AvgIpc) is 2.39. The van der Waals surface area contributed by atoms with Gasteiger partial charge >= 0.3 is 0 Å². The molecule has 0 heterocycles. The van der Waals surface area contributed by atoms with Crippen molar-refractivity contribution >= 4 is 37.6 Å². The molecule has 0 radical (unpaired) electrons. The van der Waals surface area contributed by atoms with Gasteiger partial charge in [0.25, 0.3) is 0 Å². The van der Waals surface area contributed by atoms with Crippen molar-refractivity contribution in [1.82, 2.24) is 4.72 Å². The Bertz CT molecular complexity index is 538. The third-order valence-corrected chi connectivity index (χ3v) is 6.28. The van der Waals surface area contributed by atoms with Gasteiger partial charge in [0.15, 0.2) is 0 Å². The molecular formula is C12H16BrClFNO2S. The molecule has 0 bridgehead atoms. The number of alkyl halides is 1. The average molecular weight is 373 g/mol. The predicted molar refractivity (Wildman–Crippen MR) is 78.8 cm³/mol. The molecule has 1 N–H and O–H groups in total. The van der Waals surface area contributed by atoms with E-state index in [4.69, 9.17) is 11.6 Å². The van der Waals surface area contributed by atoms with Crippen LogP contribution in [0, 0.1) is 5.82 Å². The predicted octanol–water partition coefficient (Wildman–Crippen LogP) is 3.71. The van der Waals surface area contributed by atoms with Crippen LogP contribution in [0.5, 0.6) is 0 Å². The van der Waals surface area contributed by atoms with Crippen LogP contribution in [0.3, 0.4) is 0 Å². The molecule has 0 atom stereocenters. The van der Waals surface area contributed by atoms with E-state index in [9.17, 15) is 12.8 Å². The first-order chi connectivity index (χ1) is 8.80. The SMILES string of the molecule is CCC(CC)(CBr)NS(=O)(=O)c1cc(F)ccc1Cl. The standard InChI is InChI=1S/C12H16BrClFNO2S/c1-3-12(4-2,8-13)16-19(17,18)11-7-9(15)5-6-10(11)14/h5-7,16H,3-4,8H2,1-2H3. The van der Waals surface area contributed by atoms with Gasteiger partial charge < -0.3 is 0 Å². The Kier molecular flexibility index (Phi) is 5.79. The van der Waals surface area contributed by atoms with E-state index in [0.29, 0.717) is 18.2 Å². The molecule has 0 saturated carbocycles. The zero-order valence-corrected chi connectivity index (χ0v) is 13.9. The van der Waals surface area contributed by atoms with Crippen molar-refractivity contribution in [3.05, 3.63) is 29.0 Å². The first-order valence-electron chi connectivity index (χ1n) is 5.85. The van der Waals surface area contributed by atoms with Gasteiger partial charge in [-0.3, -0.25) is 0 Å². The molecule has 0 saturated heterocycles. The summed E-state index contributed by atoms with van der Waals surface area (Å²) in [5.74, 6) is -0.637. The van der Waals surface area contributed by atoms with Crippen molar-refractivity contribution in [3.63, 3.8) is 0 Å². The Morgan fingerprint density at radius 3 is 2.42 bits per heavy atom. The van der Waals surface area contributed by atoms with Crippen molar-refractivity contribution in [1.29, 1.82) is 0 Å². The molecule has 0 aliphatic carbocycles. The second kappa shape index (κ2) is 6.52. The smallest absolute Gasteiger partial charge is 0.207 e. The van der Waals surface area contributed by atoms with Gasteiger partial charge in [0, 0.05) is 10.9 Å². The molecule has 1 aromatic rings. The molecule has 7 heteroatoms. The summed E-state index contributed by atoms with van der Waals surface area (Å²) in [5, 5.41) is 0.476. The number of benzene rings is 1. The lowest BCUT2D eigenvalue weighted by Crippen LogP contribution is -2.49. The monoisotopic (exact) mass is 371 g/mol. The van der Waals surface area contributed by atoms with Crippen LogP contribution in [0.15, 0.2) is 23.1 Å². The van der Waals surface area contributed by atoms with Crippen LogP contribution in [-0.2, 0) is 10.0 Å². The summed E-state index contributed by atoms with van der Waals surface area (Å²) < 4.78 is 40.4. The zero-order chi connectivity index (χ0) is 14.7. The summed E-state index contributed by atoms with van der Waals surface area (Å²) >= 11 is 9.16. The Morgan fingerprint density at radius 1 is 1.37 bits per heavy atom. The van der Waals surface area contributed by atoms with Crippen LogP contribution in [0.1, 0.15) is 26.7 Å². The molecule has 0 aliphatic heterocycles. The lowest BCUT2D eigenvalue weighted by atomic mass is 9.97. The maximum atomic E-state index is 13.2. The number of rotatable bonds is 6. The summed E-state index contributed by atoms with van der Waals surface area (Å²) in [5.41, 5.74) is -0.603. The Hall–Kier alpha value is -0.170. The maximum Gasteiger partial charge on any atom is 0.242 e. The minimum Gasteiger partial charge on any atom is -0.207 e. The highest BCUT2D eigenvalue weighted by molar-refractivity contribution is 9.09. The summed E-state index contributed by atoms with van der Waals surface area (Å²) in [6, 6.07) is 3.28. The fourth-order valence-electron chi connectivity index (χ4n) is 1.63. The Balaban J connectivity index is 3.21. The molecule has 0 spiro atoms. The van der Waals surface area contributed by atoms with E-state index in [1.807, 2.05) is 13.8 Å². The number of hydrogen-bond donors (Lipinski definition) is 1. The van der Waals surface area contributed by atoms with E-state index in [2.05, 4.69) is 20.7 Å². The molecule has 3 nitrogen and oxygen atoms in total. The topological polar surface area (TPSA) is 46.2 Å². The van der Waals surface area contributed by atoms with Crippen molar-refractivity contribution in [2.24, 2.45) is 0 Å². The van der Waals surface area contributed by atoms with Gasteiger partial charge in [0.1, 0.15) is 10.7 Å². The van der Waals surface area contributed by atoms with Crippen LogP contribution in [-0.4, -0.2) is 19.3 Å². The van der Waals surface area contributed by atoms with E-state index in [1.165, 1.54) is 6.07 Å². The van der Waals surface area contributed by atoms with Crippen LogP contribution >= 0.6 is 27.5 Å². The van der Waals surface area contributed by atoms with E-state index in [1.54, 1.807) is 0 Å². The fourth-order valence-corrected chi connectivity index (χ4v) is 4.81. The summed E-state index contributed by atoms with van der Waals surface area (Å²) in [4.78, 5) is -0.235. The third-order valence-electron chi connectivity index (χ3n) is 3.14. The minimum atomic E-state index is -3.86. The Morgan fingerprint density at radius 2 is 1.95 bits per heavy atom. The number of hydrogen-bond acceptors (Lipinski definition) is 2. The highest BCUT2D eigenvalue weighted by Crippen LogP contribution is 2.26. The summed E-state index contributed by atoms with van der Waals surface area (Å²) in [7, 11) is -3.86. The third kappa shape index (κ3) is 3.90. The number of sulfonamides is 1. The van der Waals surface area contributed by atoms with Crippen LogP contribution in [0.2, 0.25) is 5.02 Å². The first-order valence-corrected chi connectivity index (χ1v) is 8.83. The van der Waals surface area contributed by atoms with E-state index in [0.717, 1.165) is 12.1 Å². The number of nitrogens with one attached hydrogen (secondary N) is 1. The van der Waals surface area contributed by atoms with Crippen LogP contribution in [0.4, 0.5) is 4.39 Å². The largest absolute Gasteiger partial charge is 0.242 e. The molecule has 1 rings (SSSR count). The van der Waals surface area contributed by atoms with Gasteiger partial charge in [0.2, 0.25) is 10.0 Å². The van der Waals surface area contributed by atoms with Gasteiger partial charge in [-0.2, -0.15) is 0 Å². The van der Waals surface area contributed by atoms with Crippen molar-refractivity contribution in [3.8, 4) is 0 Å². The molecule has 108 valence electrons. The maximum absolute atomic E-state index is 13.2. The summed E-state index contributed by atoms with van der Waals surface area (Å²) in [6.45, 7) is 3.78. The van der Waals surface area contributed by atoms with Crippen LogP contribution < -0.4 is 4.72 Å². The minimum absolute atomic E-state index is 0.00424.